The number of aromatic nitrogens is 1. The molecule has 0 bridgehead atoms. The standard InChI is InChI=1S/C12H8ClF4NO/c13-4-3-11-18-6-10(19-11)7-1-2-9(14)8(5-7)12(15,16)17/h1-2,5-6H,3-4H2. The van der Waals surface area contributed by atoms with Gasteiger partial charge in [-0.1, -0.05) is 0 Å². The zero-order chi connectivity index (χ0) is 14.0. The van der Waals surface area contributed by atoms with Gasteiger partial charge in [0.25, 0.3) is 0 Å². The van der Waals surface area contributed by atoms with Gasteiger partial charge in [0.15, 0.2) is 11.7 Å². The molecule has 0 radical (unpaired) electrons. The van der Waals surface area contributed by atoms with E-state index in [1.54, 1.807) is 0 Å². The van der Waals surface area contributed by atoms with Crippen molar-refractivity contribution >= 4 is 11.6 Å². The quantitative estimate of drug-likeness (QED) is 0.623. The second-order valence-electron chi connectivity index (χ2n) is 3.75. The van der Waals surface area contributed by atoms with E-state index in [1.807, 2.05) is 0 Å². The Hall–Kier alpha value is -1.56. The van der Waals surface area contributed by atoms with Crippen molar-refractivity contribution in [2.75, 3.05) is 5.88 Å². The minimum Gasteiger partial charge on any atom is -0.441 e. The van der Waals surface area contributed by atoms with Gasteiger partial charge < -0.3 is 4.42 Å². The summed E-state index contributed by atoms with van der Waals surface area (Å²) in [6.07, 6.45) is -3.09. The van der Waals surface area contributed by atoms with Crippen LogP contribution >= 0.6 is 11.6 Å². The van der Waals surface area contributed by atoms with Crippen LogP contribution in [-0.2, 0) is 12.6 Å². The second kappa shape index (κ2) is 5.21. The molecule has 0 saturated heterocycles. The number of halogens is 5. The highest BCUT2D eigenvalue weighted by molar-refractivity contribution is 6.17. The maximum absolute atomic E-state index is 13.1. The van der Waals surface area contributed by atoms with E-state index in [4.69, 9.17) is 16.0 Å². The SMILES string of the molecule is Fc1ccc(-c2cnc(CCCl)o2)cc1C(F)(F)F. The smallest absolute Gasteiger partial charge is 0.419 e. The zero-order valence-corrected chi connectivity index (χ0v) is 10.2. The van der Waals surface area contributed by atoms with Gasteiger partial charge >= 0.3 is 6.18 Å². The molecule has 2 rings (SSSR count). The van der Waals surface area contributed by atoms with Crippen LogP contribution in [-0.4, -0.2) is 10.9 Å². The van der Waals surface area contributed by atoms with E-state index < -0.39 is 17.6 Å². The molecule has 0 atom stereocenters. The van der Waals surface area contributed by atoms with Crippen molar-refractivity contribution in [1.29, 1.82) is 0 Å². The summed E-state index contributed by atoms with van der Waals surface area (Å²) in [6, 6.07) is 2.65. The molecule has 0 unspecified atom stereocenters. The third-order valence-corrected chi connectivity index (χ3v) is 2.61. The van der Waals surface area contributed by atoms with E-state index in [-0.39, 0.29) is 17.2 Å². The Bertz CT molecular complexity index is 579. The second-order valence-corrected chi connectivity index (χ2v) is 4.13. The van der Waals surface area contributed by atoms with Gasteiger partial charge in [-0.3, -0.25) is 0 Å². The van der Waals surface area contributed by atoms with Crippen LogP contribution in [0.15, 0.2) is 28.8 Å². The summed E-state index contributed by atoms with van der Waals surface area (Å²) in [4.78, 5) is 3.87. The summed E-state index contributed by atoms with van der Waals surface area (Å²) in [5, 5.41) is 0. The van der Waals surface area contributed by atoms with Crippen molar-refractivity contribution < 1.29 is 22.0 Å². The molecule has 1 heterocycles. The highest BCUT2D eigenvalue weighted by Gasteiger charge is 2.34. The Morgan fingerprint density at radius 2 is 2.00 bits per heavy atom. The van der Waals surface area contributed by atoms with Gasteiger partial charge in [0.1, 0.15) is 5.82 Å². The third-order valence-electron chi connectivity index (χ3n) is 2.42. The van der Waals surface area contributed by atoms with E-state index in [0.717, 1.165) is 6.07 Å². The Morgan fingerprint density at radius 3 is 2.63 bits per heavy atom. The molecule has 7 heteroatoms. The number of hydrogen-bond donors (Lipinski definition) is 0. The Morgan fingerprint density at radius 1 is 1.26 bits per heavy atom. The molecule has 2 nitrogen and oxygen atoms in total. The predicted octanol–water partition coefficient (Wildman–Crippen LogP) is 4.28. The largest absolute Gasteiger partial charge is 0.441 e. The summed E-state index contributed by atoms with van der Waals surface area (Å²) >= 11 is 5.50. The van der Waals surface area contributed by atoms with Crippen molar-refractivity contribution in [3.63, 3.8) is 0 Å². The van der Waals surface area contributed by atoms with Gasteiger partial charge in [0.2, 0.25) is 0 Å². The van der Waals surface area contributed by atoms with E-state index >= 15 is 0 Å². The lowest BCUT2D eigenvalue weighted by molar-refractivity contribution is -0.139. The van der Waals surface area contributed by atoms with Gasteiger partial charge in [-0.25, -0.2) is 9.37 Å². The van der Waals surface area contributed by atoms with Gasteiger partial charge in [0.05, 0.1) is 11.8 Å². The summed E-state index contributed by atoms with van der Waals surface area (Å²) in [5.74, 6) is -0.567. The van der Waals surface area contributed by atoms with Crippen LogP contribution in [0, 0.1) is 5.82 Å². The molecule has 0 aliphatic heterocycles. The lowest BCUT2D eigenvalue weighted by Gasteiger charge is -2.08. The fourth-order valence-electron chi connectivity index (χ4n) is 1.54. The van der Waals surface area contributed by atoms with Crippen LogP contribution in [0.25, 0.3) is 11.3 Å². The van der Waals surface area contributed by atoms with Crippen LogP contribution in [0.4, 0.5) is 17.6 Å². The van der Waals surface area contributed by atoms with E-state index in [2.05, 4.69) is 4.98 Å². The topological polar surface area (TPSA) is 26.0 Å². The first-order valence-corrected chi connectivity index (χ1v) is 5.83. The summed E-state index contributed by atoms with van der Waals surface area (Å²) < 4.78 is 56.1. The van der Waals surface area contributed by atoms with Crippen LogP contribution in [0.2, 0.25) is 0 Å². The minimum absolute atomic E-state index is 0.113. The molecule has 1 aromatic heterocycles. The number of oxazole rings is 1. The normalized spacial score (nSPS) is 11.8. The number of benzene rings is 1. The summed E-state index contributed by atoms with van der Waals surface area (Å²) in [5.41, 5.74) is -1.22. The van der Waals surface area contributed by atoms with Crippen molar-refractivity contribution in [1.82, 2.24) is 4.98 Å². The lowest BCUT2D eigenvalue weighted by Crippen LogP contribution is -2.08. The summed E-state index contributed by atoms with van der Waals surface area (Å²) in [6.45, 7) is 0. The Kier molecular flexibility index (Phi) is 3.80. The average molecular weight is 294 g/mol. The predicted molar refractivity (Wildman–Crippen MR) is 61.3 cm³/mol. The first-order valence-electron chi connectivity index (χ1n) is 5.29. The molecule has 0 saturated carbocycles. The first kappa shape index (κ1) is 13.9. The van der Waals surface area contributed by atoms with E-state index in [0.29, 0.717) is 18.4 Å². The molecule has 0 aliphatic rings. The van der Waals surface area contributed by atoms with Gasteiger partial charge in [-0.15, -0.1) is 11.6 Å². The van der Waals surface area contributed by atoms with Crippen molar-refractivity contribution in [3.8, 4) is 11.3 Å². The molecular formula is C12H8ClF4NO. The van der Waals surface area contributed by atoms with Crippen molar-refractivity contribution in [3.05, 3.63) is 41.7 Å². The van der Waals surface area contributed by atoms with Crippen LogP contribution < -0.4 is 0 Å². The van der Waals surface area contributed by atoms with E-state index in [1.165, 1.54) is 12.3 Å². The number of aryl methyl sites for hydroxylation is 1. The lowest BCUT2D eigenvalue weighted by atomic mass is 10.1. The molecule has 0 amide bonds. The molecule has 102 valence electrons. The van der Waals surface area contributed by atoms with Gasteiger partial charge in [-0.05, 0) is 18.2 Å². The number of hydrogen-bond acceptors (Lipinski definition) is 2. The Balaban J connectivity index is 2.39. The van der Waals surface area contributed by atoms with Gasteiger partial charge in [-0.2, -0.15) is 13.2 Å². The number of alkyl halides is 4. The average Bonchev–Trinajstić information content (AvgIpc) is 2.77. The molecule has 0 fully saturated rings. The zero-order valence-electron chi connectivity index (χ0n) is 9.47. The first-order chi connectivity index (χ1) is 8.91. The number of rotatable bonds is 3. The van der Waals surface area contributed by atoms with Crippen LogP contribution in [0.3, 0.4) is 0 Å². The molecule has 19 heavy (non-hydrogen) atoms. The maximum atomic E-state index is 13.1. The molecule has 0 aliphatic carbocycles. The molecule has 1 aromatic carbocycles. The Labute approximate surface area is 111 Å². The fraction of sp³-hybridized carbons (Fsp3) is 0.250. The molecule has 0 spiro atoms. The third kappa shape index (κ3) is 3.07. The van der Waals surface area contributed by atoms with Crippen molar-refractivity contribution in [2.24, 2.45) is 0 Å². The molecule has 2 aromatic rings. The molecule has 0 N–H and O–H groups in total. The van der Waals surface area contributed by atoms with Gasteiger partial charge in [0, 0.05) is 17.9 Å². The highest BCUT2D eigenvalue weighted by atomic mass is 35.5. The minimum atomic E-state index is -4.75. The number of nitrogens with zero attached hydrogens (tertiary/aromatic N) is 1. The maximum Gasteiger partial charge on any atom is 0.419 e. The van der Waals surface area contributed by atoms with Crippen LogP contribution in [0.5, 0.6) is 0 Å². The molecular weight excluding hydrogens is 286 g/mol. The monoisotopic (exact) mass is 293 g/mol. The van der Waals surface area contributed by atoms with E-state index in [9.17, 15) is 17.6 Å². The fourth-order valence-corrected chi connectivity index (χ4v) is 1.70. The van der Waals surface area contributed by atoms with Crippen molar-refractivity contribution in [2.45, 2.75) is 12.6 Å². The highest BCUT2D eigenvalue weighted by Crippen LogP contribution is 2.34. The summed E-state index contributed by atoms with van der Waals surface area (Å²) in [7, 11) is 0. The van der Waals surface area contributed by atoms with Crippen LogP contribution in [0.1, 0.15) is 11.5 Å².